The van der Waals surface area contributed by atoms with E-state index < -0.39 is 24.0 Å². The zero-order valence-electron chi connectivity index (χ0n) is 14.6. The van der Waals surface area contributed by atoms with E-state index >= 15 is 0 Å². The van der Waals surface area contributed by atoms with E-state index in [9.17, 15) is 22.8 Å². The molecule has 0 bridgehead atoms. The highest BCUT2D eigenvalue weighted by Crippen LogP contribution is 2.27. The Morgan fingerprint density at radius 3 is 2.24 bits per heavy atom. The van der Waals surface area contributed by atoms with Gasteiger partial charge in [0.2, 0.25) is 0 Å². The van der Waals surface area contributed by atoms with Crippen LogP contribution < -0.4 is 5.73 Å². The van der Waals surface area contributed by atoms with E-state index in [2.05, 4.69) is 4.98 Å². The lowest BCUT2D eigenvalue weighted by Gasteiger charge is -2.04. The number of carbonyl (C=O) groups excluding carboxylic acids is 1. The predicted octanol–water partition coefficient (Wildman–Crippen LogP) is 2.52. The van der Waals surface area contributed by atoms with Gasteiger partial charge in [-0.2, -0.15) is 13.2 Å². The van der Waals surface area contributed by atoms with Gasteiger partial charge in [-0.1, -0.05) is 12.1 Å². The standard InChI is InChI=1S/C16H13N3O3.C2HF3O2/c17-16(22)13-8-19(9-15(20)21)14-4-3-10(6-12(13)14)11-2-1-5-18-7-11;3-2(4,5)1(6)7/h1-8H,9H2,(H2,17,22)(H,20,21);(H,6,7). The van der Waals surface area contributed by atoms with Gasteiger partial charge in [0.15, 0.2) is 0 Å². The van der Waals surface area contributed by atoms with Crippen LogP contribution in [-0.2, 0) is 16.1 Å². The lowest BCUT2D eigenvalue weighted by molar-refractivity contribution is -0.192. The van der Waals surface area contributed by atoms with Crippen molar-refractivity contribution in [2.75, 3.05) is 0 Å². The molecular formula is C18H14F3N3O5. The van der Waals surface area contributed by atoms with Crippen molar-refractivity contribution in [3.05, 3.63) is 54.5 Å². The number of carboxylic acids is 2. The number of halogens is 3. The maximum Gasteiger partial charge on any atom is 0.490 e. The highest BCUT2D eigenvalue weighted by Gasteiger charge is 2.38. The molecule has 0 fully saturated rings. The molecule has 2 aromatic heterocycles. The van der Waals surface area contributed by atoms with E-state index in [0.717, 1.165) is 11.1 Å². The number of primary amides is 1. The van der Waals surface area contributed by atoms with E-state index in [4.69, 9.17) is 20.7 Å². The molecule has 0 radical (unpaired) electrons. The van der Waals surface area contributed by atoms with E-state index in [1.54, 1.807) is 18.5 Å². The number of aromatic nitrogens is 2. The molecule has 2 heterocycles. The fourth-order valence-electron chi connectivity index (χ4n) is 2.48. The van der Waals surface area contributed by atoms with Crippen molar-refractivity contribution < 1.29 is 37.8 Å². The minimum Gasteiger partial charge on any atom is -0.480 e. The van der Waals surface area contributed by atoms with Gasteiger partial charge in [0, 0.05) is 35.1 Å². The lowest BCUT2D eigenvalue weighted by atomic mass is 10.0. The molecule has 29 heavy (non-hydrogen) atoms. The Morgan fingerprint density at radius 2 is 1.76 bits per heavy atom. The van der Waals surface area contributed by atoms with Gasteiger partial charge in [-0.15, -0.1) is 0 Å². The first-order valence-electron chi connectivity index (χ1n) is 7.85. The molecule has 3 rings (SSSR count). The summed E-state index contributed by atoms with van der Waals surface area (Å²) in [6.45, 7) is -0.226. The van der Waals surface area contributed by atoms with Gasteiger partial charge in [0.05, 0.1) is 5.56 Å². The largest absolute Gasteiger partial charge is 0.490 e. The molecule has 0 aliphatic carbocycles. The van der Waals surface area contributed by atoms with Crippen LogP contribution in [0.3, 0.4) is 0 Å². The molecule has 0 saturated carbocycles. The SMILES string of the molecule is NC(=O)c1cn(CC(=O)O)c2ccc(-c3cccnc3)cc12.O=C(O)C(F)(F)F. The Kier molecular flexibility index (Phi) is 6.22. The molecule has 8 nitrogen and oxygen atoms in total. The maximum absolute atomic E-state index is 11.6. The first kappa shape index (κ1) is 21.4. The third kappa shape index (κ3) is 5.31. The van der Waals surface area contributed by atoms with Crippen molar-refractivity contribution in [3.63, 3.8) is 0 Å². The van der Waals surface area contributed by atoms with E-state index in [-0.39, 0.29) is 6.54 Å². The van der Waals surface area contributed by atoms with Crippen LogP contribution in [0.1, 0.15) is 10.4 Å². The van der Waals surface area contributed by atoms with Gasteiger partial charge in [-0.25, -0.2) is 4.79 Å². The van der Waals surface area contributed by atoms with Gasteiger partial charge < -0.3 is 20.5 Å². The summed E-state index contributed by atoms with van der Waals surface area (Å²) >= 11 is 0. The van der Waals surface area contributed by atoms with Crippen molar-refractivity contribution in [1.82, 2.24) is 9.55 Å². The Bertz CT molecular complexity index is 1060. The summed E-state index contributed by atoms with van der Waals surface area (Å²) in [6.07, 6.45) is -0.201. The number of benzene rings is 1. The summed E-state index contributed by atoms with van der Waals surface area (Å²) in [7, 11) is 0. The molecule has 0 aliphatic rings. The molecule has 0 unspecified atom stereocenters. The molecule has 0 spiro atoms. The highest BCUT2D eigenvalue weighted by molar-refractivity contribution is 6.07. The van der Waals surface area contributed by atoms with Crippen molar-refractivity contribution in [2.24, 2.45) is 5.73 Å². The number of rotatable bonds is 4. The van der Waals surface area contributed by atoms with Crippen LogP contribution in [0.2, 0.25) is 0 Å². The Labute approximate surface area is 161 Å². The summed E-state index contributed by atoms with van der Waals surface area (Å²) in [6, 6.07) is 9.21. The number of hydrogen-bond donors (Lipinski definition) is 3. The summed E-state index contributed by atoms with van der Waals surface area (Å²) in [5.74, 6) is -4.32. The van der Waals surface area contributed by atoms with Crippen LogP contribution in [0, 0.1) is 0 Å². The Balaban J connectivity index is 0.000000370. The van der Waals surface area contributed by atoms with Gasteiger partial charge >= 0.3 is 18.1 Å². The van der Waals surface area contributed by atoms with Crippen molar-refractivity contribution in [2.45, 2.75) is 12.7 Å². The molecule has 152 valence electrons. The topological polar surface area (TPSA) is 136 Å². The number of alkyl halides is 3. The Hall–Kier alpha value is -3.89. The average molecular weight is 409 g/mol. The molecule has 3 aromatic rings. The van der Waals surface area contributed by atoms with Gasteiger partial charge in [0.1, 0.15) is 6.54 Å². The fraction of sp³-hybridized carbons (Fsp3) is 0.111. The zero-order valence-corrected chi connectivity index (χ0v) is 14.6. The second-order valence-electron chi connectivity index (χ2n) is 5.71. The van der Waals surface area contributed by atoms with E-state index in [1.165, 1.54) is 10.8 Å². The normalized spacial score (nSPS) is 10.9. The van der Waals surface area contributed by atoms with Gasteiger partial charge in [0.25, 0.3) is 5.91 Å². The van der Waals surface area contributed by atoms with Crippen molar-refractivity contribution in [1.29, 1.82) is 0 Å². The first-order valence-corrected chi connectivity index (χ1v) is 7.85. The second-order valence-corrected chi connectivity index (χ2v) is 5.71. The molecule has 4 N–H and O–H groups in total. The summed E-state index contributed by atoms with van der Waals surface area (Å²) < 4.78 is 33.2. The van der Waals surface area contributed by atoms with E-state index in [1.807, 2.05) is 24.3 Å². The van der Waals surface area contributed by atoms with Crippen LogP contribution in [-0.4, -0.2) is 43.8 Å². The molecular weight excluding hydrogens is 395 g/mol. The number of aliphatic carboxylic acids is 2. The molecule has 0 atom stereocenters. The number of amides is 1. The number of fused-ring (bicyclic) bond motifs is 1. The number of nitrogens with two attached hydrogens (primary N) is 1. The highest BCUT2D eigenvalue weighted by atomic mass is 19.4. The summed E-state index contributed by atoms with van der Waals surface area (Å²) in [5, 5.41) is 16.7. The first-order chi connectivity index (χ1) is 13.5. The van der Waals surface area contributed by atoms with Crippen LogP contribution in [0.4, 0.5) is 13.2 Å². The second kappa shape index (κ2) is 8.42. The number of carbonyl (C=O) groups is 3. The smallest absolute Gasteiger partial charge is 0.480 e. The maximum atomic E-state index is 11.6. The van der Waals surface area contributed by atoms with Gasteiger partial charge in [-0.05, 0) is 23.8 Å². The van der Waals surface area contributed by atoms with Crippen molar-refractivity contribution >= 4 is 28.7 Å². The Morgan fingerprint density at radius 1 is 1.10 bits per heavy atom. The van der Waals surface area contributed by atoms with E-state index in [0.29, 0.717) is 16.5 Å². The van der Waals surface area contributed by atoms with Crippen LogP contribution in [0.15, 0.2) is 48.9 Å². The molecule has 0 saturated heterocycles. The monoisotopic (exact) mass is 409 g/mol. The summed E-state index contributed by atoms with van der Waals surface area (Å²) in [5.41, 5.74) is 8.16. The zero-order chi connectivity index (χ0) is 21.8. The van der Waals surface area contributed by atoms with Crippen molar-refractivity contribution in [3.8, 4) is 11.1 Å². The minimum atomic E-state index is -5.08. The fourth-order valence-corrected chi connectivity index (χ4v) is 2.48. The summed E-state index contributed by atoms with van der Waals surface area (Å²) in [4.78, 5) is 35.5. The number of hydrogen-bond acceptors (Lipinski definition) is 4. The molecule has 1 amide bonds. The number of carboxylic acid groups (broad SMARTS) is 2. The number of pyridine rings is 1. The molecule has 1 aromatic carbocycles. The average Bonchev–Trinajstić information content (AvgIpc) is 2.99. The quantitative estimate of drug-likeness (QED) is 0.606. The third-order valence-electron chi connectivity index (χ3n) is 3.69. The lowest BCUT2D eigenvalue weighted by Crippen LogP contribution is -2.21. The molecule has 0 aliphatic heterocycles. The van der Waals surface area contributed by atoms with Crippen LogP contribution >= 0.6 is 0 Å². The van der Waals surface area contributed by atoms with Crippen LogP contribution in [0.25, 0.3) is 22.0 Å². The molecule has 11 heteroatoms. The predicted molar refractivity (Wildman–Crippen MR) is 95.0 cm³/mol. The van der Waals surface area contributed by atoms with Gasteiger partial charge in [-0.3, -0.25) is 14.6 Å². The third-order valence-corrected chi connectivity index (χ3v) is 3.69. The van der Waals surface area contributed by atoms with Crippen LogP contribution in [0.5, 0.6) is 0 Å². The number of nitrogens with zero attached hydrogens (tertiary/aromatic N) is 2. The minimum absolute atomic E-state index is 0.226.